The summed E-state index contributed by atoms with van der Waals surface area (Å²) in [5.74, 6) is 13.9. The van der Waals surface area contributed by atoms with Crippen LogP contribution in [0.25, 0.3) is 11.1 Å². The zero-order valence-corrected chi connectivity index (χ0v) is 22.0. The standard InChI is InChI=1S/C36H44/c1-2-6-21(7-3-1)25-8-4-5-9-26(25)32-20-24-14-17-29-27-15-12-22-10-11-23-13-16-28(35(27)33(22)23)30-18-19-31(32)34(24)36(29)30/h1-9,22-24,27-36H,10-20H2. The minimum atomic E-state index is 0.801. The Labute approximate surface area is 218 Å². The lowest BCUT2D eigenvalue weighted by Gasteiger charge is -2.65. The Kier molecular flexibility index (Phi) is 4.73. The highest BCUT2D eigenvalue weighted by Crippen LogP contribution is 2.72. The van der Waals surface area contributed by atoms with E-state index in [9.17, 15) is 0 Å². The number of hydrogen-bond acceptors (Lipinski definition) is 0. The summed E-state index contributed by atoms with van der Waals surface area (Å²) in [6.45, 7) is 0. The molecule has 0 radical (unpaired) electrons. The second kappa shape index (κ2) is 7.97. The molecule has 7 fully saturated rings. The van der Waals surface area contributed by atoms with Gasteiger partial charge in [-0.05, 0) is 164 Å². The van der Waals surface area contributed by atoms with Gasteiger partial charge in [-0.1, -0.05) is 54.6 Å². The summed E-state index contributed by atoms with van der Waals surface area (Å²) in [4.78, 5) is 0. The summed E-state index contributed by atoms with van der Waals surface area (Å²) < 4.78 is 0. The average Bonchev–Trinajstić information content (AvgIpc) is 3.54. The molecule has 7 aliphatic rings. The Balaban J connectivity index is 1.09. The van der Waals surface area contributed by atoms with Gasteiger partial charge in [-0.15, -0.1) is 0 Å². The predicted molar refractivity (Wildman–Crippen MR) is 147 cm³/mol. The summed E-state index contributed by atoms with van der Waals surface area (Å²) in [5, 5.41) is 0. The smallest absolute Gasteiger partial charge is 0.0122 e. The van der Waals surface area contributed by atoms with E-state index < -0.39 is 0 Å². The minimum Gasteiger partial charge on any atom is -0.0622 e. The molecular formula is C36H44. The number of fused-ring (bicyclic) bond motifs is 2. The molecule has 7 aliphatic carbocycles. The van der Waals surface area contributed by atoms with E-state index in [0.717, 1.165) is 76.9 Å². The second-order valence-electron chi connectivity index (χ2n) is 14.6. The summed E-state index contributed by atoms with van der Waals surface area (Å²) >= 11 is 0. The van der Waals surface area contributed by atoms with E-state index in [1.165, 1.54) is 24.0 Å². The first-order valence-corrected chi connectivity index (χ1v) is 16.0. The van der Waals surface area contributed by atoms with Crippen LogP contribution in [0.4, 0.5) is 0 Å². The van der Waals surface area contributed by atoms with Crippen LogP contribution in [0.5, 0.6) is 0 Å². The maximum absolute atomic E-state index is 2.52. The van der Waals surface area contributed by atoms with Crippen molar-refractivity contribution < 1.29 is 0 Å². The molecule has 9 rings (SSSR count). The fourth-order valence-electron chi connectivity index (χ4n) is 13.3. The molecule has 0 heteroatoms. The first-order valence-electron chi connectivity index (χ1n) is 16.0. The monoisotopic (exact) mass is 476 g/mol. The molecule has 13 unspecified atom stereocenters. The Morgan fingerprint density at radius 2 is 0.944 bits per heavy atom. The van der Waals surface area contributed by atoms with Crippen LogP contribution in [0.3, 0.4) is 0 Å². The van der Waals surface area contributed by atoms with Crippen molar-refractivity contribution in [2.24, 2.45) is 71.0 Å². The van der Waals surface area contributed by atoms with Gasteiger partial charge in [0.15, 0.2) is 0 Å². The molecule has 0 aliphatic heterocycles. The summed E-state index contributed by atoms with van der Waals surface area (Å²) in [7, 11) is 0. The van der Waals surface area contributed by atoms with Gasteiger partial charge in [0.05, 0.1) is 0 Å². The van der Waals surface area contributed by atoms with E-state index in [-0.39, 0.29) is 0 Å². The lowest BCUT2D eigenvalue weighted by Crippen LogP contribution is -2.59. The van der Waals surface area contributed by atoms with Gasteiger partial charge in [0.2, 0.25) is 0 Å². The van der Waals surface area contributed by atoms with Gasteiger partial charge in [-0.25, -0.2) is 0 Å². The van der Waals surface area contributed by atoms with E-state index in [1.54, 1.807) is 63.4 Å². The van der Waals surface area contributed by atoms with Crippen LogP contribution in [0, 0.1) is 71.0 Å². The SMILES string of the molecule is c1ccc(-c2ccccc2C2CC3CCC4C5CCC6CCC7CCC(C8CCC2C3C48)C5C67)cc1. The molecule has 188 valence electrons. The zero-order valence-electron chi connectivity index (χ0n) is 22.0. The second-order valence-corrected chi connectivity index (χ2v) is 14.6. The van der Waals surface area contributed by atoms with Gasteiger partial charge in [0, 0.05) is 0 Å². The van der Waals surface area contributed by atoms with Crippen LogP contribution >= 0.6 is 0 Å². The van der Waals surface area contributed by atoms with Crippen molar-refractivity contribution in [1.82, 2.24) is 0 Å². The lowest BCUT2D eigenvalue weighted by atomic mass is 9.40. The predicted octanol–water partition coefficient (Wildman–Crippen LogP) is 9.22. The summed E-state index contributed by atoms with van der Waals surface area (Å²) in [6, 6.07) is 20.8. The van der Waals surface area contributed by atoms with Crippen LogP contribution in [-0.4, -0.2) is 0 Å². The van der Waals surface area contributed by atoms with Crippen molar-refractivity contribution in [3.05, 3.63) is 60.2 Å². The Morgan fingerprint density at radius 1 is 0.417 bits per heavy atom. The van der Waals surface area contributed by atoms with E-state index in [2.05, 4.69) is 54.6 Å². The molecule has 0 saturated heterocycles. The molecule has 13 atom stereocenters. The lowest BCUT2D eigenvalue weighted by molar-refractivity contribution is -0.167. The quantitative estimate of drug-likeness (QED) is 0.405. The van der Waals surface area contributed by atoms with Crippen LogP contribution < -0.4 is 0 Å². The van der Waals surface area contributed by atoms with Crippen molar-refractivity contribution in [2.75, 3.05) is 0 Å². The third-order valence-electron chi connectivity index (χ3n) is 14.0. The van der Waals surface area contributed by atoms with Crippen LogP contribution in [-0.2, 0) is 0 Å². The number of hydrogen-bond donors (Lipinski definition) is 0. The topological polar surface area (TPSA) is 0 Å². The molecule has 2 aromatic rings. The highest BCUT2D eigenvalue weighted by molar-refractivity contribution is 5.68. The molecule has 0 bridgehead atoms. The van der Waals surface area contributed by atoms with Crippen molar-refractivity contribution >= 4 is 0 Å². The normalized spacial score (nSPS) is 49.8. The molecule has 0 amide bonds. The third kappa shape index (κ3) is 2.83. The molecule has 2 aromatic carbocycles. The van der Waals surface area contributed by atoms with E-state index >= 15 is 0 Å². The zero-order chi connectivity index (χ0) is 23.4. The van der Waals surface area contributed by atoms with Crippen LogP contribution in [0.1, 0.15) is 82.1 Å². The fraction of sp³-hybridized carbons (Fsp3) is 0.667. The number of rotatable bonds is 2. The first-order chi connectivity index (χ1) is 17.9. The molecule has 0 nitrogen and oxygen atoms in total. The molecule has 0 N–H and O–H groups in total. The maximum atomic E-state index is 2.52. The first kappa shape index (κ1) is 21.4. The molecule has 7 saturated carbocycles. The van der Waals surface area contributed by atoms with Crippen molar-refractivity contribution in [3.63, 3.8) is 0 Å². The van der Waals surface area contributed by atoms with E-state index in [4.69, 9.17) is 0 Å². The van der Waals surface area contributed by atoms with Gasteiger partial charge >= 0.3 is 0 Å². The Hall–Kier alpha value is -1.56. The third-order valence-corrected chi connectivity index (χ3v) is 14.0. The Morgan fingerprint density at radius 3 is 1.67 bits per heavy atom. The molecule has 0 heterocycles. The molecule has 0 spiro atoms. The summed E-state index contributed by atoms with van der Waals surface area (Å²) in [5.41, 5.74) is 4.65. The van der Waals surface area contributed by atoms with Crippen molar-refractivity contribution in [3.8, 4) is 11.1 Å². The molecular weight excluding hydrogens is 432 g/mol. The van der Waals surface area contributed by atoms with E-state index in [1.807, 2.05) is 0 Å². The molecule has 36 heavy (non-hydrogen) atoms. The largest absolute Gasteiger partial charge is 0.0622 e. The van der Waals surface area contributed by atoms with E-state index in [0.29, 0.717) is 0 Å². The van der Waals surface area contributed by atoms with Gasteiger partial charge in [-0.3, -0.25) is 0 Å². The van der Waals surface area contributed by atoms with Crippen molar-refractivity contribution in [1.29, 1.82) is 0 Å². The van der Waals surface area contributed by atoms with Crippen molar-refractivity contribution in [2.45, 2.75) is 76.5 Å². The van der Waals surface area contributed by atoms with Crippen LogP contribution in [0.2, 0.25) is 0 Å². The van der Waals surface area contributed by atoms with Gasteiger partial charge < -0.3 is 0 Å². The number of benzene rings is 2. The highest BCUT2D eigenvalue weighted by atomic mass is 14.7. The Bertz CT molecular complexity index is 1110. The van der Waals surface area contributed by atoms with Gasteiger partial charge in [0.1, 0.15) is 0 Å². The average molecular weight is 477 g/mol. The highest BCUT2D eigenvalue weighted by Gasteiger charge is 2.65. The molecule has 0 aromatic heterocycles. The van der Waals surface area contributed by atoms with Gasteiger partial charge in [-0.2, -0.15) is 0 Å². The van der Waals surface area contributed by atoms with Crippen LogP contribution in [0.15, 0.2) is 54.6 Å². The maximum Gasteiger partial charge on any atom is -0.0122 e. The fourth-order valence-corrected chi connectivity index (χ4v) is 13.3. The minimum absolute atomic E-state index is 0.801. The van der Waals surface area contributed by atoms with Gasteiger partial charge in [0.25, 0.3) is 0 Å². The summed E-state index contributed by atoms with van der Waals surface area (Å²) in [6.07, 6.45) is 17.4.